The molecule has 0 aromatic carbocycles. The van der Waals surface area contributed by atoms with E-state index in [4.69, 9.17) is 4.42 Å². The zero-order valence-corrected chi connectivity index (χ0v) is 12.2. The van der Waals surface area contributed by atoms with Crippen molar-refractivity contribution in [2.75, 3.05) is 13.1 Å². The summed E-state index contributed by atoms with van der Waals surface area (Å²) < 4.78 is 5.35. The SMILES string of the molecule is CC(C)c1ocnc1C(=O)N1CCCC(c2ncn[nH]2)C1. The Morgan fingerprint density at radius 3 is 3.05 bits per heavy atom. The minimum Gasteiger partial charge on any atom is -0.447 e. The number of oxazole rings is 1. The Hall–Kier alpha value is -2.18. The fourth-order valence-corrected chi connectivity index (χ4v) is 2.77. The third kappa shape index (κ3) is 2.68. The van der Waals surface area contributed by atoms with Crippen LogP contribution in [0.15, 0.2) is 17.1 Å². The second-order valence-electron chi connectivity index (χ2n) is 5.68. The molecule has 0 aliphatic carbocycles. The number of nitrogens with zero attached hydrogens (tertiary/aromatic N) is 4. The Morgan fingerprint density at radius 1 is 1.48 bits per heavy atom. The molecule has 2 aromatic rings. The lowest BCUT2D eigenvalue weighted by Crippen LogP contribution is -2.40. The van der Waals surface area contributed by atoms with Gasteiger partial charge in [-0.15, -0.1) is 0 Å². The highest BCUT2D eigenvalue weighted by Crippen LogP contribution is 2.26. The topological polar surface area (TPSA) is 87.9 Å². The Kier molecular flexibility index (Phi) is 3.72. The Labute approximate surface area is 122 Å². The molecule has 7 nitrogen and oxygen atoms in total. The van der Waals surface area contributed by atoms with E-state index in [9.17, 15) is 4.79 Å². The normalized spacial score (nSPS) is 19.2. The molecule has 21 heavy (non-hydrogen) atoms. The summed E-state index contributed by atoms with van der Waals surface area (Å²) in [5, 5.41) is 6.79. The van der Waals surface area contributed by atoms with Gasteiger partial charge in [0.25, 0.3) is 5.91 Å². The number of nitrogens with one attached hydrogen (secondary N) is 1. The van der Waals surface area contributed by atoms with Crippen LogP contribution in [0.1, 0.15) is 60.6 Å². The standard InChI is InChI=1S/C14H19N5O2/c1-9(2)12-11(16-8-21-12)14(20)19-5-3-4-10(6-19)13-15-7-17-18-13/h7-10H,3-6H2,1-2H3,(H,15,17,18). The molecule has 1 N–H and O–H groups in total. The number of H-pyrrole nitrogens is 1. The van der Waals surface area contributed by atoms with Crippen LogP contribution < -0.4 is 0 Å². The van der Waals surface area contributed by atoms with Gasteiger partial charge in [0, 0.05) is 24.9 Å². The number of hydrogen-bond donors (Lipinski definition) is 1. The molecule has 2 aromatic heterocycles. The zero-order valence-electron chi connectivity index (χ0n) is 12.2. The molecule has 1 atom stereocenters. The molecule has 1 amide bonds. The van der Waals surface area contributed by atoms with E-state index in [1.54, 1.807) is 0 Å². The molecule has 1 aliphatic rings. The molecular weight excluding hydrogens is 270 g/mol. The van der Waals surface area contributed by atoms with Crippen molar-refractivity contribution in [3.8, 4) is 0 Å². The van der Waals surface area contributed by atoms with Gasteiger partial charge in [0.1, 0.15) is 17.9 Å². The fourth-order valence-electron chi connectivity index (χ4n) is 2.77. The van der Waals surface area contributed by atoms with Gasteiger partial charge in [-0.1, -0.05) is 13.8 Å². The minimum absolute atomic E-state index is 0.0586. The molecular formula is C14H19N5O2. The van der Waals surface area contributed by atoms with E-state index in [1.807, 2.05) is 18.7 Å². The number of likely N-dealkylation sites (tertiary alicyclic amines) is 1. The van der Waals surface area contributed by atoms with E-state index < -0.39 is 0 Å². The summed E-state index contributed by atoms with van der Waals surface area (Å²) in [6, 6.07) is 0. The maximum atomic E-state index is 12.7. The molecule has 1 saturated heterocycles. The zero-order chi connectivity index (χ0) is 14.8. The first-order valence-corrected chi connectivity index (χ1v) is 7.24. The Balaban J connectivity index is 1.77. The monoisotopic (exact) mass is 289 g/mol. The minimum atomic E-state index is -0.0586. The lowest BCUT2D eigenvalue weighted by Gasteiger charge is -2.31. The molecule has 0 spiro atoms. The van der Waals surface area contributed by atoms with Crippen molar-refractivity contribution < 1.29 is 9.21 Å². The average Bonchev–Trinajstić information content (AvgIpc) is 3.17. The number of amides is 1. The molecule has 7 heteroatoms. The molecule has 3 rings (SSSR count). The quantitative estimate of drug-likeness (QED) is 0.932. The third-order valence-electron chi connectivity index (χ3n) is 3.85. The summed E-state index contributed by atoms with van der Waals surface area (Å²) in [7, 11) is 0. The maximum absolute atomic E-state index is 12.7. The maximum Gasteiger partial charge on any atom is 0.276 e. The van der Waals surface area contributed by atoms with Gasteiger partial charge in [-0.25, -0.2) is 9.97 Å². The molecule has 1 fully saturated rings. The molecule has 1 aliphatic heterocycles. The van der Waals surface area contributed by atoms with Crippen molar-refractivity contribution in [1.29, 1.82) is 0 Å². The highest BCUT2D eigenvalue weighted by Gasteiger charge is 2.30. The molecule has 3 heterocycles. The number of piperidine rings is 1. The summed E-state index contributed by atoms with van der Waals surface area (Å²) in [5.41, 5.74) is 0.434. The fraction of sp³-hybridized carbons (Fsp3) is 0.571. The number of carbonyl (C=O) groups is 1. The van der Waals surface area contributed by atoms with Crippen molar-refractivity contribution in [2.45, 2.75) is 38.5 Å². The van der Waals surface area contributed by atoms with Crippen molar-refractivity contribution in [1.82, 2.24) is 25.1 Å². The first-order valence-electron chi connectivity index (χ1n) is 7.24. The van der Waals surface area contributed by atoms with E-state index in [-0.39, 0.29) is 17.7 Å². The molecule has 1 unspecified atom stereocenters. The van der Waals surface area contributed by atoms with Crippen LogP contribution in [0.25, 0.3) is 0 Å². The Morgan fingerprint density at radius 2 is 2.33 bits per heavy atom. The van der Waals surface area contributed by atoms with Gasteiger partial charge in [0.05, 0.1) is 0 Å². The summed E-state index contributed by atoms with van der Waals surface area (Å²) >= 11 is 0. The first kappa shape index (κ1) is 13.8. The number of hydrogen-bond acceptors (Lipinski definition) is 5. The predicted molar refractivity (Wildman–Crippen MR) is 74.9 cm³/mol. The summed E-state index contributed by atoms with van der Waals surface area (Å²) in [6.07, 6.45) is 4.81. The van der Waals surface area contributed by atoms with Crippen molar-refractivity contribution in [2.24, 2.45) is 0 Å². The van der Waals surface area contributed by atoms with Crippen LogP contribution in [0.4, 0.5) is 0 Å². The van der Waals surface area contributed by atoms with Crippen LogP contribution in [-0.4, -0.2) is 44.1 Å². The average molecular weight is 289 g/mol. The van der Waals surface area contributed by atoms with Gasteiger partial charge in [0.15, 0.2) is 12.1 Å². The molecule has 0 saturated carbocycles. The summed E-state index contributed by atoms with van der Waals surface area (Å²) in [4.78, 5) is 22.8. The van der Waals surface area contributed by atoms with Gasteiger partial charge >= 0.3 is 0 Å². The predicted octanol–water partition coefficient (Wildman–Crippen LogP) is 1.94. The van der Waals surface area contributed by atoms with Gasteiger partial charge in [0.2, 0.25) is 0 Å². The lowest BCUT2D eigenvalue weighted by molar-refractivity contribution is 0.0696. The third-order valence-corrected chi connectivity index (χ3v) is 3.85. The van der Waals surface area contributed by atoms with Crippen LogP contribution in [0.2, 0.25) is 0 Å². The van der Waals surface area contributed by atoms with Crippen molar-refractivity contribution >= 4 is 5.91 Å². The summed E-state index contributed by atoms with van der Waals surface area (Å²) in [5.74, 6) is 1.79. The summed E-state index contributed by atoms with van der Waals surface area (Å²) in [6.45, 7) is 5.36. The first-order chi connectivity index (χ1) is 10.2. The highest BCUT2D eigenvalue weighted by atomic mass is 16.3. The van der Waals surface area contributed by atoms with Crippen LogP contribution in [0.3, 0.4) is 0 Å². The van der Waals surface area contributed by atoms with Crippen molar-refractivity contribution in [3.63, 3.8) is 0 Å². The second-order valence-corrected chi connectivity index (χ2v) is 5.68. The number of aromatic amines is 1. The van der Waals surface area contributed by atoms with Crippen LogP contribution in [0, 0.1) is 0 Å². The van der Waals surface area contributed by atoms with Gasteiger partial charge in [-0.3, -0.25) is 9.89 Å². The van der Waals surface area contributed by atoms with E-state index >= 15 is 0 Å². The molecule has 112 valence electrons. The van der Waals surface area contributed by atoms with E-state index in [2.05, 4.69) is 20.2 Å². The smallest absolute Gasteiger partial charge is 0.276 e. The van der Waals surface area contributed by atoms with Crippen LogP contribution in [-0.2, 0) is 0 Å². The number of carbonyl (C=O) groups excluding carboxylic acids is 1. The Bertz CT molecular complexity index is 605. The van der Waals surface area contributed by atoms with Crippen LogP contribution >= 0.6 is 0 Å². The van der Waals surface area contributed by atoms with Gasteiger partial charge < -0.3 is 9.32 Å². The van der Waals surface area contributed by atoms with Gasteiger partial charge in [-0.2, -0.15) is 5.10 Å². The number of rotatable bonds is 3. The second kappa shape index (κ2) is 5.67. The molecule has 0 radical (unpaired) electrons. The highest BCUT2D eigenvalue weighted by molar-refractivity contribution is 5.93. The van der Waals surface area contributed by atoms with Crippen molar-refractivity contribution in [3.05, 3.63) is 30.0 Å². The van der Waals surface area contributed by atoms with Gasteiger partial charge in [-0.05, 0) is 12.8 Å². The largest absolute Gasteiger partial charge is 0.447 e. The van der Waals surface area contributed by atoms with E-state index in [1.165, 1.54) is 12.7 Å². The molecule has 0 bridgehead atoms. The lowest BCUT2D eigenvalue weighted by atomic mass is 9.97. The number of aromatic nitrogens is 4. The van der Waals surface area contributed by atoms with Crippen LogP contribution in [0.5, 0.6) is 0 Å². The van der Waals surface area contributed by atoms with E-state index in [0.717, 1.165) is 25.2 Å². The van der Waals surface area contributed by atoms with E-state index in [0.29, 0.717) is 18.0 Å².